The van der Waals surface area contributed by atoms with Crippen molar-refractivity contribution in [2.45, 2.75) is 25.8 Å². The molecule has 2 heterocycles. The number of rotatable bonds is 6. The second kappa shape index (κ2) is 9.35. The van der Waals surface area contributed by atoms with Crippen LogP contribution in [0.2, 0.25) is 0 Å². The van der Waals surface area contributed by atoms with E-state index in [4.69, 9.17) is 14.9 Å². The predicted octanol–water partition coefficient (Wildman–Crippen LogP) is 5.64. The van der Waals surface area contributed by atoms with Crippen LogP contribution >= 0.6 is 0 Å². The van der Waals surface area contributed by atoms with Crippen LogP contribution in [0.1, 0.15) is 36.9 Å². The Balaban J connectivity index is 1.59. The first-order valence-electron chi connectivity index (χ1n) is 11.4. The minimum Gasteiger partial charge on any atom is -0.497 e. The largest absolute Gasteiger partial charge is 0.497 e. The lowest BCUT2D eigenvalue weighted by Gasteiger charge is -2.21. The van der Waals surface area contributed by atoms with Crippen molar-refractivity contribution < 1.29 is 9.53 Å². The number of nitrogens with zero attached hydrogens (tertiary/aromatic N) is 4. The van der Waals surface area contributed by atoms with Gasteiger partial charge in [-0.1, -0.05) is 55.5 Å². The Morgan fingerprint density at radius 3 is 2.26 bits per heavy atom. The van der Waals surface area contributed by atoms with Crippen molar-refractivity contribution in [1.29, 1.82) is 0 Å². The number of ether oxygens (including phenoxy) is 1. The van der Waals surface area contributed by atoms with Gasteiger partial charge in [-0.15, -0.1) is 0 Å². The zero-order chi connectivity index (χ0) is 23.5. The Hall–Kier alpha value is -4.19. The third-order valence-corrected chi connectivity index (χ3v) is 6.06. The summed E-state index contributed by atoms with van der Waals surface area (Å²) in [6, 6.07) is 27.7. The summed E-state index contributed by atoms with van der Waals surface area (Å²) in [5.41, 5.74) is 5.66. The van der Waals surface area contributed by atoms with Crippen LogP contribution in [0.25, 0.3) is 16.9 Å². The molecule has 4 aromatic rings. The number of benzene rings is 3. The molecule has 0 aliphatic carbocycles. The van der Waals surface area contributed by atoms with E-state index in [0.29, 0.717) is 12.8 Å². The highest BCUT2D eigenvalue weighted by atomic mass is 16.5. The molecule has 0 radical (unpaired) electrons. The minimum absolute atomic E-state index is 0.0139. The van der Waals surface area contributed by atoms with Gasteiger partial charge in [0, 0.05) is 30.2 Å². The highest BCUT2D eigenvalue weighted by molar-refractivity contribution is 6.03. The quantitative estimate of drug-likeness (QED) is 0.382. The average molecular weight is 451 g/mol. The van der Waals surface area contributed by atoms with E-state index in [2.05, 4.69) is 0 Å². The van der Waals surface area contributed by atoms with Crippen molar-refractivity contribution in [3.63, 3.8) is 0 Å². The van der Waals surface area contributed by atoms with Gasteiger partial charge in [-0.2, -0.15) is 10.2 Å². The van der Waals surface area contributed by atoms with Crippen molar-refractivity contribution in [3.05, 3.63) is 102 Å². The SMILES string of the molecule is CCC(=O)N1N=C(c2ccc(OC)cc2)C[C@@H]1c1cn(-c2ccccc2)nc1-c1ccccc1. The molecule has 5 rings (SSSR count). The molecule has 3 aromatic carbocycles. The maximum atomic E-state index is 13.0. The highest BCUT2D eigenvalue weighted by Crippen LogP contribution is 2.38. The van der Waals surface area contributed by atoms with E-state index >= 15 is 0 Å². The lowest BCUT2D eigenvalue weighted by molar-refractivity contribution is -0.132. The number of amides is 1. The topological polar surface area (TPSA) is 59.7 Å². The maximum absolute atomic E-state index is 13.0. The Morgan fingerprint density at radius 1 is 0.941 bits per heavy atom. The van der Waals surface area contributed by atoms with Crippen LogP contribution in [0, 0.1) is 0 Å². The molecule has 0 saturated heterocycles. The molecule has 1 aliphatic rings. The first-order chi connectivity index (χ1) is 16.7. The number of methoxy groups -OCH3 is 1. The van der Waals surface area contributed by atoms with Crippen molar-refractivity contribution in [3.8, 4) is 22.7 Å². The van der Waals surface area contributed by atoms with Gasteiger partial charge in [0.2, 0.25) is 5.91 Å². The van der Waals surface area contributed by atoms with Gasteiger partial charge in [0.1, 0.15) is 5.75 Å². The average Bonchev–Trinajstić information content (AvgIpc) is 3.54. The summed E-state index contributed by atoms with van der Waals surface area (Å²) in [5.74, 6) is 0.774. The molecule has 0 unspecified atom stereocenters. The smallest absolute Gasteiger partial charge is 0.242 e. The number of hydrogen-bond acceptors (Lipinski definition) is 4. The van der Waals surface area contributed by atoms with Gasteiger partial charge < -0.3 is 4.74 Å². The molecule has 1 aliphatic heterocycles. The lowest BCUT2D eigenvalue weighted by Crippen LogP contribution is -2.26. The standard InChI is InChI=1S/C28H26N4O2/c1-3-27(33)32-26(18-25(29-32)20-14-16-23(34-2)17-15-20)24-19-31(22-12-8-5-9-13-22)30-28(24)21-10-6-4-7-11-21/h4-17,19,26H,3,18H2,1-2H3/t26-/m1/s1. The van der Waals surface area contributed by atoms with E-state index < -0.39 is 0 Å². The molecular formula is C28H26N4O2. The van der Waals surface area contributed by atoms with Crippen molar-refractivity contribution in [2.75, 3.05) is 7.11 Å². The Bertz CT molecular complexity index is 1310. The second-order valence-corrected chi connectivity index (χ2v) is 8.17. The lowest BCUT2D eigenvalue weighted by atomic mass is 9.96. The summed E-state index contributed by atoms with van der Waals surface area (Å²) < 4.78 is 7.18. The molecule has 170 valence electrons. The van der Waals surface area contributed by atoms with Crippen molar-refractivity contribution in [2.24, 2.45) is 5.10 Å². The molecule has 1 atom stereocenters. The van der Waals surface area contributed by atoms with Crippen LogP contribution in [-0.2, 0) is 4.79 Å². The van der Waals surface area contributed by atoms with E-state index in [1.165, 1.54) is 0 Å². The van der Waals surface area contributed by atoms with Crippen molar-refractivity contribution in [1.82, 2.24) is 14.8 Å². The Labute approximate surface area is 199 Å². The van der Waals surface area contributed by atoms with E-state index in [1.54, 1.807) is 12.1 Å². The molecule has 0 spiro atoms. The summed E-state index contributed by atoms with van der Waals surface area (Å²) in [7, 11) is 1.65. The number of hydrazone groups is 1. The monoisotopic (exact) mass is 450 g/mol. The number of carbonyl (C=O) groups excluding carboxylic acids is 1. The maximum Gasteiger partial charge on any atom is 0.242 e. The molecule has 0 saturated carbocycles. The normalized spacial score (nSPS) is 15.3. The fourth-order valence-electron chi connectivity index (χ4n) is 4.27. The fraction of sp³-hybridized carbons (Fsp3) is 0.179. The second-order valence-electron chi connectivity index (χ2n) is 8.17. The van der Waals surface area contributed by atoms with E-state index in [0.717, 1.165) is 39.5 Å². The van der Waals surface area contributed by atoms with E-state index in [-0.39, 0.29) is 11.9 Å². The van der Waals surface area contributed by atoms with Crippen LogP contribution in [0.4, 0.5) is 0 Å². The molecule has 34 heavy (non-hydrogen) atoms. The third-order valence-electron chi connectivity index (χ3n) is 6.06. The molecule has 6 nitrogen and oxygen atoms in total. The zero-order valence-corrected chi connectivity index (χ0v) is 19.3. The number of aromatic nitrogens is 2. The zero-order valence-electron chi connectivity index (χ0n) is 19.3. The van der Waals surface area contributed by atoms with Gasteiger partial charge in [-0.3, -0.25) is 4.79 Å². The Kier molecular flexibility index (Phi) is 5.95. The molecule has 6 heteroatoms. The molecule has 0 fully saturated rings. The molecule has 1 amide bonds. The van der Waals surface area contributed by atoms with E-state index in [1.807, 2.05) is 103 Å². The molecular weight excluding hydrogens is 424 g/mol. The van der Waals surface area contributed by atoms with Gasteiger partial charge in [0.15, 0.2) is 0 Å². The first kappa shape index (κ1) is 21.6. The highest BCUT2D eigenvalue weighted by Gasteiger charge is 2.35. The van der Waals surface area contributed by atoms with Crippen LogP contribution in [0.15, 0.2) is 96.2 Å². The molecule has 0 N–H and O–H groups in total. The van der Waals surface area contributed by atoms with E-state index in [9.17, 15) is 4.79 Å². The summed E-state index contributed by atoms with van der Waals surface area (Å²) in [5, 5.41) is 11.4. The first-order valence-corrected chi connectivity index (χ1v) is 11.4. The van der Waals surface area contributed by atoms with Crippen LogP contribution in [0.3, 0.4) is 0 Å². The van der Waals surface area contributed by atoms with Crippen LogP contribution < -0.4 is 4.74 Å². The summed E-state index contributed by atoms with van der Waals surface area (Å²) in [6.07, 6.45) is 3.02. The summed E-state index contributed by atoms with van der Waals surface area (Å²) >= 11 is 0. The fourth-order valence-corrected chi connectivity index (χ4v) is 4.27. The van der Waals surface area contributed by atoms with Crippen LogP contribution in [-0.4, -0.2) is 33.5 Å². The summed E-state index contributed by atoms with van der Waals surface area (Å²) in [6.45, 7) is 1.87. The summed E-state index contributed by atoms with van der Waals surface area (Å²) in [4.78, 5) is 13.0. The molecule has 0 bridgehead atoms. The minimum atomic E-state index is -0.239. The number of carbonyl (C=O) groups is 1. The predicted molar refractivity (Wildman–Crippen MR) is 133 cm³/mol. The number of hydrogen-bond donors (Lipinski definition) is 0. The van der Waals surface area contributed by atoms with Crippen LogP contribution in [0.5, 0.6) is 5.75 Å². The van der Waals surface area contributed by atoms with Gasteiger partial charge in [0.05, 0.1) is 30.2 Å². The Morgan fingerprint density at radius 2 is 1.62 bits per heavy atom. The van der Waals surface area contributed by atoms with Gasteiger partial charge in [0.25, 0.3) is 0 Å². The van der Waals surface area contributed by atoms with Gasteiger partial charge >= 0.3 is 0 Å². The molecule has 1 aromatic heterocycles. The van der Waals surface area contributed by atoms with Crippen molar-refractivity contribution >= 4 is 11.6 Å². The third kappa shape index (κ3) is 4.10. The van der Waals surface area contributed by atoms with Gasteiger partial charge in [-0.05, 0) is 42.0 Å². The number of para-hydroxylation sites is 1. The van der Waals surface area contributed by atoms with Gasteiger partial charge in [-0.25, -0.2) is 9.69 Å².